The summed E-state index contributed by atoms with van der Waals surface area (Å²) in [5, 5.41) is 3.98. The van der Waals surface area contributed by atoms with Crippen molar-refractivity contribution in [2.75, 3.05) is 24.5 Å². The Morgan fingerprint density at radius 1 is 1.27 bits per heavy atom. The molecule has 2 aliphatic heterocycles. The molecule has 0 bridgehead atoms. The van der Waals surface area contributed by atoms with Crippen LogP contribution in [0, 0.1) is 11.8 Å². The van der Waals surface area contributed by atoms with Gasteiger partial charge in [-0.2, -0.15) is 11.3 Å². The van der Waals surface area contributed by atoms with Gasteiger partial charge in [-0.3, -0.25) is 14.6 Å². The number of aromatic nitrogens is 1. The highest BCUT2D eigenvalue weighted by molar-refractivity contribution is 7.08. The SMILES string of the molecule is O=C(c1cccnc1)N1C[C@H]2CN(c3ccsc3)C(=O)[C@H]2C1. The number of carbonyl (C=O) groups excluding carboxylic acids is 2. The predicted octanol–water partition coefficient (Wildman–Crippen LogP) is 1.88. The number of hydrogen-bond acceptors (Lipinski definition) is 4. The van der Waals surface area contributed by atoms with Crippen LogP contribution in [-0.2, 0) is 4.79 Å². The molecule has 2 saturated heterocycles. The van der Waals surface area contributed by atoms with Crippen LogP contribution in [0.2, 0.25) is 0 Å². The first kappa shape index (κ1) is 13.5. The van der Waals surface area contributed by atoms with Crippen molar-refractivity contribution < 1.29 is 9.59 Å². The third-order valence-electron chi connectivity index (χ3n) is 4.45. The van der Waals surface area contributed by atoms with E-state index in [1.165, 1.54) is 0 Å². The van der Waals surface area contributed by atoms with E-state index < -0.39 is 0 Å². The van der Waals surface area contributed by atoms with Crippen LogP contribution in [-0.4, -0.2) is 41.3 Å². The fraction of sp³-hybridized carbons (Fsp3) is 0.312. The lowest BCUT2D eigenvalue weighted by Gasteiger charge is -2.21. The molecule has 0 spiro atoms. The van der Waals surface area contributed by atoms with Crippen LogP contribution in [0.3, 0.4) is 0 Å². The van der Waals surface area contributed by atoms with E-state index in [0.29, 0.717) is 25.2 Å². The first-order valence-electron chi connectivity index (χ1n) is 7.27. The quantitative estimate of drug-likeness (QED) is 0.850. The molecule has 22 heavy (non-hydrogen) atoms. The first-order chi connectivity index (χ1) is 10.7. The Hall–Kier alpha value is -2.21. The van der Waals surface area contributed by atoms with E-state index >= 15 is 0 Å². The summed E-state index contributed by atoms with van der Waals surface area (Å²) in [6, 6.07) is 5.50. The largest absolute Gasteiger partial charge is 0.337 e. The maximum atomic E-state index is 12.6. The second kappa shape index (κ2) is 5.21. The van der Waals surface area contributed by atoms with Crippen LogP contribution in [0.4, 0.5) is 5.69 Å². The van der Waals surface area contributed by atoms with Crippen LogP contribution in [0.15, 0.2) is 41.4 Å². The molecular formula is C16H15N3O2S. The van der Waals surface area contributed by atoms with Gasteiger partial charge in [0.25, 0.3) is 5.91 Å². The maximum Gasteiger partial charge on any atom is 0.255 e. The van der Waals surface area contributed by atoms with Crippen molar-refractivity contribution in [3.63, 3.8) is 0 Å². The minimum atomic E-state index is -0.0690. The van der Waals surface area contributed by atoms with Gasteiger partial charge in [0.2, 0.25) is 5.91 Å². The summed E-state index contributed by atoms with van der Waals surface area (Å²) in [4.78, 5) is 32.7. The number of fused-ring (bicyclic) bond motifs is 1. The molecule has 112 valence electrons. The Bertz CT molecular complexity index is 701. The lowest BCUT2D eigenvalue weighted by Crippen LogP contribution is -2.35. The van der Waals surface area contributed by atoms with Crippen molar-refractivity contribution in [1.82, 2.24) is 9.88 Å². The van der Waals surface area contributed by atoms with Gasteiger partial charge in [0.1, 0.15) is 0 Å². The summed E-state index contributed by atoms with van der Waals surface area (Å²) in [6.45, 7) is 1.86. The number of likely N-dealkylation sites (tertiary alicyclic amines) is 1. The van der Waals surface area contributed by atoms with Gasteiger partial charge in [0.15, 0.2) is 0 Å². The number of nitrogens with zero attached hydrogens (tertiary/aromatic N) is 3. The van der Waals surface area contributed by atoms with E-state index in [0.717, 1.165) is 5.69 Å². The van der Waals surface area contributed by atoms with Gasteiger partial charge in [-0.25, -0.2) is 0 Å². The molecule has 0 radical (unpaired) electrons. The zero-order chi connectivity index (χ0) is 15.1. The molecule has 0 aromatic carbocycles. The Morgan fingerprint density at radius 2 is 2.18 bits per heavy atom. The molecule has 2 aromatic rings. The van der Waals surface area contributed by atoms with Crippen molar-refractivity contribution in [2.45, 2.75) is 0 Å². The second-order valence-electron chi connectivity index (χ2n) is 5.75. The Balaban J connectivity index is 1.49. The van der Waals surface area contributed by atoms with Gasteiger partial charge < -0.3 is 9.80 Å². The minimum Gasteiger partial charge on any atom is -0.337 e. The molecule has 2 aliphatic rings. The highest BCUT2D eigenvalue weighted by Crippen LogP contribution is 2.36. The number of carbonyl (C=O) groups is 2. The molecular weight excluding hydrogens is 298 g/mol. The van der Waals surface area contributed by atoms with Gasteiger partial charge in [-0.05, 0) is 23.6 Å². The van der Waals surface area contributed by atoms with Gasteiger partial charge in [-0.15, -0.1) is 0 Å². The number of hydrogen-bond donors (Lipinski definition) is 0. The maximum absolute atomic E-state index is 12.6. The molecule has 0 aliphatic carbocycles. The second-order valence-corrected chi connectivity index (χ2v) is 6.53. The summed E-state index contributed by atoms with van der Waals surface area (Å²) in [6.07, 6.45) is 3.23. The third-order valence-corrected chi connectivity index (χ3v) is 5.13. The summed E-state index contributed by atoms with van der Waals surface area (Å²) in [7, 11) is 0. The number of rotatable bonds is 2. The highest BCUT2D eigenvalue weighted by atomic mass is 32.1. The van der Waals surface area contributed by atoms with Crippen LogP contribution in [0.1, 0.15) is 10.4 Å². The number of thiophene rings is 1. The lowest BCUT2D eigenvalue weighted by atomic mass is 10.0. The molecule has 4 heterocycles. The summed E-state index contributed by atoms with van der Waals surface area (Å²) < 4.78 is 0. The molecule has 4 rings (SSSR count). The molecule has 2 fully saturated rings. The minimum absolute atomic E-state index is 0.0302. The van der Waals surface area contributed by atoms with Gasteiger partial charge in [-0.1, -0.05) is 0 Å². The van der Waals surface area contributed by atoms with Crippen LogP contribution >= 0.6 is 11.3 Å². The number of pyridine rings is 1. The fourth-order valence-electron chi connectivity index (χ4n) is 3.34. The molecule has 6 heteroatoms. The Kier molecular flexibility index (Phi) is 3.18. The summed E-state index contributed by atoms with van der Waals surface area (Å²) in [5.74, 6) is 0.274. The zero-order valence-electron chi connectivity index (χ0n) is 11.9. The third kappa shape index (κ3) is 2.11. The van der Waals surface area contributed by atoms with E-state index in [-0.39, 0.29) is 23.7 Å². The van der Waals surface area contributed by atoms with Crippen molar-refractivity contribution in [3.8, 4) is 0 Å². The standard InChI is InChI=1S/C16H15N3O2S/c20-15(11-2-1-4-17-6-11)18-7-12-8-19(13-3-5-22-10-13)16(21)14(12)9-18/h1-6,10,12,14H,7-9H2/t12-,14-/m0/s1. The lowest BCUT2D eigenvalue weighted by molar-refractivity contribution is -0.120. The van der Waals surface area contributed by atoms with E-state index in [4.69, 9.17) is 0 Å². The molecule has 2 aromatic heterocycles. The highest BCUT2D eigenvalue weighted by Gasteiger charge is 2.47. The average Bonchev–Trinajstić information content (AvgIpc) is 3.25. The van der Waals surface area contributed by atoms with E-state index in [1.54, 1.807) is 40.8 Å². The van der Waals surface area contributed by atoms with Crippen molar-refractivity contribution in [1.29, 1.82) is 0 Å². The van der Waals surface area contributed by atoms with Gasteiger partial charge in [0, 0.05) is 43.3 Å². The van der Waals surface area contributed by atoms with Gasteiger partial charge >= 0.3 is 0 Å². The van der Waals surface area contributed by atoms with Crippen LogP contribution in [0.25, 0.3) is 0 Å². The topological polar surface area (TPSA) is 53.5 Å². The molecule has 5 nitrogen and oxygen atoms in total. The number of anilines is 1. The number of amides is 2. The molecule has 0 unspecified atom stereocenters. The van der Waals surface area contributed by atoms with E-state index in [1.807, 2.05) is 21.7 Å². The van der Waals surface area contributed by atoms with Crippen LogP contribution < -0.4 is 4.90 Å². The average molecular weight is 313 g/mol. The molecule has 2 atom stereocenters. The molecule has 0 saturated carbocycles. The van der Waals surface area contributed by atoms with Crippen molar-refractivity contribution >= 4 is 28.8 Å². The first-order valence-corrected chi connectivity index (χ1v) is 8.21. The van der Waals surface area contributed by atoms with E-state index in [2.05, 4.69) is 4.98 Å². The van der Waals surface area contributed by atoms with Crippen molar-refractivity contribution in [3.05, 3.63) is 46.9 Å². The Morgan fingerprint density at radius 3 is 2.86 bits per heavy atom. The van der Waals surface area contributed by atoms with Crippen molar-refractivity contribution in [2.24, 2.45) is 11.8 Å². The smallest absolute Gasteiger partial charge is 0.255 e. The summed E-state index contributed by atoms with van der Waals surface area (Å²) >= 11 is 1.59. The molecule has 2 amide bonds. The zero-order valence-corrected chi connectivity index (χ0v) is 12.7. The van der Waals surface area contributed by atoms with Gasteiger partial charge in [0.05, 0.1) is 17.2 Å². The van der Waals surface area contributed by atoms with Crippen LogP contribution in [0.5, 0.6) is 0 Å². The normalized spacial score (nSPS) is 23.9. The van der Waals surface area contributed by atoms with E-state index in [9.17, 15) is 9.59 Å². The Labute approximate surface area is 132 Å². The molecule has 0 N–H and O–H groups in total. The predicted molar refractivity (Wildman–Crippen MR) is 83.8 cm³/mol. The monoisotopic (exact) mass is 313 g/mol. The fourth-order valence-corrected chi connectivity index (χ4v) is 3.98. The summed E-state index contributed by atoms with van der Waals surface area (Å²) in [5.41, 5.74) is 1.57.